The molecule has 0 aromatic heterocycles. The average Bonchev–Trinajstić information content (AvgIpc) is 3.09. The van der Waals surface area contributed by atoms with Crippen LogP contribution < -0.4 is 0 Å². The van der Waals surface area contributed by atoms with Crippen LogP contribution in [0, 0.1) is 51.8 Å². The summed E-state index contributed by atoms with van der Waals surface area (Å²) in [6.07, 6.45) is 14.3. The van der Waals surface area contributed by atoms with Gasteiger partial charge in [-0.2, -0.15) is 0 Å². The zero-order valence-electron chi connectivity index (χ0n) is 23.6. The SMILES string of the molecule is CC(C)(I)C(C)(C)C1(C)CCC2C3CCC4CC(=O)CCC4=C3C(C3CCC(C(O)I)CC3)C[C@]21C. The van der Waals surface area contributed by atoms with E-state index in [1.165, 1.54) is 57.8 Å². The molecule has 0 aromatic rings. The highest BCUT2D eigenvalue weighted by Gasteiger charge is 2.67. The lowest BCUT2D eigenvalue weighted by molar-refractivity contribution is -0.121. The van der Waals surface area contributed by atoms with E-state index in [1.807, 2.05) is 5.57 Å². The number of alkyl halides is 2. The first kappa shape index (κ1) is 28.4. The van der Waals surface area contributed by atoms with Crippen molar-refractivity contribution in [1.29, 1.82) is 0 Å². The van der Waals surface area contributed by atoms with Crippen molar-refractivity contribution >= 4 is 51.0 Å². The van der Waals surface area contributed by atoms with Gasteiger partial charge in [-0.1, -0.05) is 97.9 Å². The van der Waals surface area contributed by atoms with E-state index >= 15 is 0 Å². The van der Waals surface area contributed by atoms with Crippen LogP contribution >= 0.6 is 45.2 Å². The minimum Gasteiger partial charge on any atom is -0.382 e. The predicted octanol–water partition coefficient (Wildman–Crippen LogP) is 9.30. The van der Waals surface area contributed by atoms with E-state index in [0.29, 0.717) is 34.4 Å². The van der Waals surface area contributed by atoms with Crippen molar-refractivity contribution in [2.75, 3.05) is 0 Å². The first-order valence-electron chi connectivity index (χ1n) is 15.0. The number of aliphatic hydroxyl groups is 1. The van der Waals surface area contributed by atoms with Crippen LogP contribution in [-0.4, -0.2) is 18.4 Å². The van der Waals surface area contributed by atoms with Crippen LogP contribution in [0.1, 0.15) is 119 Å². The Morgan fingerprint density at radius 1 is 0.944 bits per heavy atom. The van der Waals surface area contributed by atoms with Gasteiger partial charge in [0.05, 0.1) is 0 Å². The number of ketones is 1. The fourth-order valence-corrected chi connectivity index (χ4v) is 11.6. The normalized spacial score (nSPS) is 44.6. The number of Topliss-reactive ketones (excluding diaryl/α,β-unsaturated/α-hetero) is 1. The van der Waals surface area contributed by atoms with Crippen LogP contribution in [0.25, 0.3) is 0 Å². The molecule has 0 radical (unpaired) electrons. The molecule has 4 heteroatoms. The Kier molecular flexibility index (Phi) is 7.67. The highest BCUT2D eigenvalue weighted by atomic mass is 127. The number of allylic oxidation sites excluding steroid dienone is 2. The molecule has 6 unspecified atom stereocenters. The lowest BCUT2D eigenvalue weighted by Crippen LogP contribution is -2.57. The molecule has 4 saturated carbocycles. The van der Waals surface area contributed by atoms with Crippen molar-refractivity contribution in [2.45, 2.75) is 126 Å². The minimum absolute atomic E-state index is 0.195. The topological polar surface area (TPSA) is 37.3 Å². The van der Waals surface area contributed by atoms with Gasteiger partial charge < -0.3 is 5.11 Å². The molecule has 0 saturated heterocycles. The van der Waals surface area contributed by atoms with Gasteiger partial charge in [0.2, 0.25) is 0 Å². The quantitative estimate of drug-likeness (QED) is 0.179. The fourth-order valence-electron chi connectivity index (χ4n) is 10.3. The molecule has 5 aliphatic rings. The zero-order valence-corrected chi connectivity index (χ0v) is 28.0. The molecule has 0 bridgehead atoms. The third-order valence-electron chi connectivity index (χ3n) is 13.4. The Balaban J connectivity index is 1.57. The smallest absolute Gasteiger partial charge is 0.133 e. The number of carbonyl (C=O) groups is 1. The molecular weight excluding hydrogens is 670 g/mol. The number of hydrogen-bond donors (Lipinski definition) is 1. The van der Waals surface area contributed by atoms with Gasteiger partial charge in [0, 0.05) is 16.3 Å². The maximum Gasteiger partial charge on any atom is 0.133 e. The van der Waals surface area contributed by atoms with E-state index in [9.17, 15) is 9.90 Å². The lowest BCUT2D eigenvalue weighted by atomic mass is 9.42. The van der Waals surface area contributed by atoms with Crippen molar-refractivity contribution in [3.05, 3.63) is 11.1 Å². The van der Waals surface area contributed by atoms with Crippen LogP contribution in [-0.2, 0) is 4.79 Å². The molecule has 2 nitrogen and oxygen atoms in total. The molecule has 1 N–H and O–H groups in total. The van der Waals surface area contributed by atoms with Crippen molar-refractivity contribution in [1.82, 2.24) is 0 Å². The summed E-state index contributed by atoms with van der Waals surface area (Å²) in [5.41, 5.74) is 4.57. The maximum atomic E-state index is 12.4. The molecule has 0 heterocycles. The third kappa shape index (κ3) is 4.25. The summed E-state index contributed by atoms with van der Waals surface area (Å²) in [6.45, 7) is 15.5. The standard InChI is InChI=1S/C32H50I2O2/c1-29(2,30(3,4)34)32(6)16-15-26-24-13-11-21-17-22(35)12-14-23(21)27(24)25(18-31(26,32)5)19-7-9-20(10-8-19)28(33)36/h19-21,24-26,28,36H,7-18H2,1-6H3/t19?,20?,21?,24?,25?,26?,28?,31-,32?/m1/s1. The van der Waals surface area contributed by atoms with Gasteiger partial charge in [0.1, 0.15) is 9.89 Å². The minimum atomic E-state index is -0.195. The van der Waals surface area contributed by atoms with Gasteiger partial charge in [0.25, 0.3) is 0 Å². The number of fused-ring (bicyclic) bond motifs is 4. The van der Waals surface area contributed by atoms with Gasteiger partial charge in [-0.3, -0.25) is 4.79 Å². The Labute approximate surface area is 248 Å². The summed E-state index contributed by atoms with van der Waals surface area (Å²) in [7, 11) is 0. The van der Waals surface area contributed by atoms with Crippen molar-refractivity contribution in [3.63, 3.8) is 0 Å². The second-order valence-corrected chi connectivity index (χ2v) is 18.9. The van der Waals surface area contributed by atoms with E-state index in [4.69, 9.17) is 0 Å². The van der Waals surface area contributed by atoms with Crippen LogP contribution in [0.4, 0.5) is 0 Å². The molecule has 5 aliphatic carbocycles. The Hall–Kier alpha value is 0.830. The largest absolute Gasteiger partial charge is 0.382 e. The van der Waals surface area contributed by atoms with Gasteiger partial charge in [-0.15, -0.1) is 0 Å². The molecule has 0 aliphatic heterocycles. The summed E-state index contributed by atoms with van der Waals surface area (Å²) in [5.74, 6) is 4.53. The molecule has 0 aromatic carbocycles. The molecule has 204 valence electrons. The lowest BCUT2D eigenvalue weighted by Gasteiger charge is -2.63. The predicted molar refractivity (Wildman–Crippen MR) is 166 cm³/mol. The van der Waals surface area contributed by atoms with Crippen molar-refractivity contribution in [2.24, 2.45) is 51.8 Å². The van der Waals surface area contributed by atoms with Gasteiger partial charge in [0.15, 0.2) is 0 Å². The van der Waals surface area contributed by atoms with Crippen LogP contribution in [0.2, 0.25) is 0 Å². The van der Waals surface area contributed by atoms with E-state index in [-0.39, 0.29) is 12.9 Å². The monoisotopic (exact) mass is 720 g/mol. The third-order valence-corrected chi connectivity index (χ3v) is 15.8. The number of aliphatic hydroxyl groups excluding tert-OH is 1. The highest BCUT2D eigenvalue weighted by Crippen LogP contribution is 2.75. The van der Waals surface area contributed by atoms with Gasteiger partial charge in [-0.25, -0.2) is 0 Å². The van der Waals surface area contributed by atoms with Crippen molar-refractivity contribution < 1.29 is 9.90 Å². The molecule has 7 atom stereocenters. The molecule has 5 rings (SSSR count). The number of halogens is 2. The Bertz CT molecular complexity index is 906. The molecule has 0 spiro atoms. The molecule has 36 heavy (non-hydrogen) atoms. The van der Waals surface area contributed by atoms with Crippen molar-refractivity contribution in [3.8, 4) is 0 Å². The summed E-state index contributed by atoms with van der Waals surface area (Å²) in [6, 6.07) is 0. The summed E-state index contributed by atoms with van der Waals surface area (Å²) in [5, 5.41) is 10.3. The molecule has 0 amide bonds. The first-order chi connectivity index (χ1) is 16.7. The average molecular weight is 721 g/mol. The number of carbonyl (C=O) groups excluding carboxylic acids is 1. The Morgan fingerprint density at radius 2 is 1.61 bits per heavy atom. The fraction of sp³-hybridized carbons (Fsp3) is 0.906. The van der Waals surface area contributed by atoms with Crippen LogP contribution in [0.3, 0.4) is 0 Å². The van der Waals surface area contributed by atoms with Gasteiger partial charge in [-0.05, 0) is 116 Å². The summed E-state index contributed by atoms with van der Waals surface area (Å²) < 4.78 is 0.0430. The number of hydrogen-bond acceptors (Lipinski definition) is 2. The molecular formula is C32H50I2O2. The second-order valence-electron chi connectivity index (χ2n) is 15.0. The summed E-state index contributed by atoms with van der Waals surface area (Å²) in [4.78, 5) is 12.4. The zero-order chi connectivity index (χ0) is 26.3. The highest BCUT2D eigenvalue weighted by molar-refractivity contribution is 14.1. The van der Waals surface area contributed by atoms with Crippen LogP contribution in [0.5, 0.6) is 0 Å². The van der Waals surface area contributed by atoms with E-state index < -0.39 is 0 Å². The van der Waals surface area contributed by atoms with Crippen LogP contribution in [0.15, 0.2) is 11.1 Å². The second kappa shape index (κ2) is 9.73. The number of rotatable bonds is 4. The van der Waals surface area contributed by atoms with E-state index in [2.05, 4.69) is 86.7 Å². The first-order valence-corrected chi connectivity index (χ1v) is 17.3. The maximum absolute atomic E-state index is 12.4. The van der Waals surface area contributed by atoms with E-state index in [1.54, 1.807) is 5.57 Å². The molecule has 4 fully saturated rings. The van der Waals surface area contributed by atoms with Gasteiger partial charge >= 0.3 is 0 Å². The van der Waals surface area contributed by atoms with E-state index in [0.717, 1.165) is 37.0 Å². The summed E-state index contributed by atoms with van der Waals surface area (Å²) >= 11 is 4.98. The Morgan fingerprint density at radius 3 is 2.22 bits per heavy atom.